The molecule has 0 bridgehead atoms. The number of benzene rings is 2. The second kappa shape index (κ2) is 5.88. The molecule has 4 nitrogen and oxygen atoms in total. The zero-order valence-corrected chi connectivity index (χ0v) is 14.7. The fraction of sp³-hybridized carbons (Fsp3) is 0.238. The predicted molar refractivity (Wildman–Crippen MR) is 101 cm³/mol. The van der Waals surface area contributed by atoms with Crippen molar-refractivity contribution in [1.29, 1.82) is 0 Å². The van der Waals surface area contributed by atoms with E-state index in [9.17, 15) is 4.79 Å². The molecule has 4 heteroatoms. The molecule has 4 rings (SSSR count). The number of hydrogen-bond donors (Lipinski definition) is 1. The molecule has 0 radical (unpaired) electrons. The van der Waals surface area contributed by atoms with Gasteiger partial charge in [-0.25, -0.2) is 4.98 Å². The van der Waals surface area contributed by atoms with Gasteiger partial charge in [0.05, 0.1) is 17.1 Å². The van der Waals surface area contributed by atoms with E-state index in [1.807, 2.05) is 25.1 Å². The monoisotopic (exact) mass is 331 g/mol. The number of aromatic nitrogens is 2. The van der Waals surface area contributed by atoms with Crippen molar-refractivity contribution in [2.75, 3.05) is 5.32 Å². The van der Waals surface area contributed by atoms with Gasteiger partial charge >= 0.3 is 0 Å². The Balaban J connectivity index is 1.98. The highest BCUT2D eigenvalue weighted by Crippen LogP contribution is 2.39. The summed E-state index contributed by atoms with van der Waals surface area (Å²) in [5.74, 6) is 0.867. The van der Waals surface area contributed by atoms with Gasteiger partial charge < -0.3 is 5.32 Å². The number of fused-ring (bicyclic) bond motifs is 3. The summed E-state index contributed by atoms with van der Waals surface area (Å²) >= 11 is 0. The lowest BCUT2D eigenvalue weighted by Crippen LogP contribution is -2.27. The summed E-state index contributed by atoms with van der Waals surface area (Å²) in [5, 5.41) is 3.31. The van der Waals surface area contributed by atoms with Crippen molar-refractivity contribution in [2.45, 2.75) is 33.2 Å². The van der Waals surface area contributed by atoms with Gasteiger partial charge in [0.15, 0.2) is 5.78 Å². The van der Waals surface area contributed by atoms with E-state index in [0.717, 1.165) is 40.2 Å². The van der Waals surface area contributed by atoms with Crippen LogP contribution in [0.5, 0.6) is 0 Å². The highest BCUT2D eigenvalue weighted by Gasteiger charge is 2.32. The standard InChI is InChI=1S/C21H21N3O/c1-4-15-9-11-16(12-10-15)20-19(14(3)25)13(2)22-21-23-17-7-5-6-8-18(17)24(20)21/h5-12,20H,4H2,1-3H3,(H,22,23). The van der Waals surface area contributed by atoms with E-state index >= 15 is 0 Å². The van der Waals surface area contributed by atoms with Crippen molar-refractivity contribution in [3.63, 3.8) is 0 Å². The number of ketones is 1. The molecule has 25 heavy (non-hydrogen) atoms. The molecule has 0 saturated carbocycles. The Kier molecular flexibility index (Phi) is 3.68. The van der Waals surface area contributed by atoms with Crippen molar-refractivity contribution < 1.29 is 4.79 Å². The minimum Gasteiger partial charge on any atom is -0.329 e. The Hall–Kier alpha value is -2.88. The smallest absolute Gasteiger partial charge is 0.209 e. The summed E-state index contributed by atoms with van der Waals surface area (Å²) in [6, 6.07) is 16.4. The lowest BCUT2D eigenvalue weighted by atomic mass is 9.92. The number of allylic oxidation sites excluding steroid dienone is 2. The first kappa shape index (κ1) is 15.6. The summed E-state index contributed by atoms with van der Waals surface area (Å²) < 4.78 is 2.14. The van der Waals surface area contributed by atoms with Crippen LogP contribution in [0.3, 0.4) is 0 Å². The largest absolute Gasteiger partial charge is 0.329 e. The van der Waals surface area contributed by atoms with Gasteiger partial charge in [0.25, 0.3) is 0 Å². The Bertz CT molecular complexity index is 996. The third-order valence-corrected chi connectivity index (χ3v) is 4.91. The van der Waals surface area contributed by atoms with Crippen molar-refractivity contribution in [3.8, 4) is 0 Å². The maximum atomic E-state index is 12.5. The average Bonchev–Trinajstić information content (AvgIpc) is 2.98. The molecule has 1 aliphatic heterocycles. The number of carbonyl (C=O) groups excluding carboxylic acids is 1. The minimum absolute atomic E-state index is 0.0815. The van der Waals surface area contributed by atoms with Crippen molar-refractivity contribution in [1.82, 2.24) is 9.55 Å². The van der Waals surface area contributed by atoms with Crippen LogP contribution in [0, 0.1) is 0 Å². The summed E-state index contributed by atoms with van der Waals surface area (Å²) in [6.07, 6.45) is 1.00. The van der Waals surface area contributed by atoms with Gasteiger partial charge in [-0.05, 0) is 43.5 Å². The average molecular weight is 331 g/mol. The van der Waals surface area contributed by atoms with E-state index in [-0.39, 0.29) is 11.8 Å². The molecule has 1 unspecified atom stereocenters. The number of aryl methyl sites for hydroxylation is 1. The second-order valence-electron chi connectivity index (χ2n) is 6.51. The van der Waals surface area contributed by atoms with Gasteiger partial charge in [-0.1, -0.05) is 43.3 Å². The number of imidazole rings is 1. The van der Waals surface area contributed by atoms with Gasteiger partial charge in [0, 0.05) is 11.3 Å². The van der Waals surface area contributed by atoms with E-state index < -0.39 is 0 Å². The molecule has 1 aromatic heterocycles. The van der Waals surface area contributed by atoms with E-state index in [0.29, 0.717) is 0 Å². The number of rotatable bonds is 3. The molecule has 2 aromatic carbocycles. The zero-order chi connectivity index (χ0) is 17.6. The lowest BCUT2D eigenvalue weighted by Gasteiger charge is -2.30. The van der Waals surface area contributed by atoms with E-state index in [1.54, 1.807) is 6.92 Å². The minimum atomic E-state index is -0.160. The molecule has 1 aliphatic rings. The van der Waals surface area contributed by atoms with Gasteiger partial charge in [-0.2, -0.15) is 0 Å². The summed E-state index contributed by atoms with van der Waals surface area (Å²) in [7, 11) is 0. The van der Waals surface area contributed by atoms with Crippen LogP contribution in [0.15, 0.2) is 59.8 Å². The number of hydrogen-bond acceptors (Lipinski definition) is 3. The number of nitrogens with one attached hydrogen (secondary N) is 1. The van der Waals surface area contributed by atoms with E-state index in [4.69, 9.17) is 4.98 Å². The lowest BCUT2D eigenvalue weighted by molar-refractivity contribution is -0.114. The van der Waals surface area contributed by atoms with Crippen molar-refractivity contribution in [3.05, 3.63) is 70.9 Å². The molecule has 0 saturated heterocycles. The SMILES string of the molecule is CCc1ccc(C2C(C(C)=O)=C(C)Nc3nc4ccccc4n32)cc1. The number of anilines is 1. The molecule has 3 aromatic rings. The molecule has 1 N–H and O–H groups in total. The number of Topliss-reactive ketones (excluding diaryl/α,β-unsaturated/α-hetero) is 1. The number of para-hydroxylation sites is 2. The van der Waals surface area contributed by atoms with Crippen LogP contribution in [-0.2, 0) is 11.2 Å². The van der Waals surface area contributed by atoms with Crippen LogP contribution in [0.25, 0.3) is 11.0 Å². The quantitative estimate of drug-likeness (QED) is 0.770. The molecular weight excluding hydrogens is 310 g/mol. The topological polar surface area (TPSA) is 46.9 Å². The maximum Gasteiger partial charge on any atom is 0.209 e. The normalized spacial score (nSPS) is 16.7. The summed E-state index contributed by atoms with van der Waals surface area (Å²) in [6.45, 7) is 5.73. The molecule has 2 heterocycles. The molecule has 0 amide bonds. The Morgan fingerprint density at radius 2 is 1.88 bits per heavy atom. The molecule has 126 valence electrons. The van der Waals surface area contributed by atoms with Crippen LogP contribution in [-0.4, -0.2) is 15.3 Å². The van der Waals surface area contributed by atoms with Gasteiger partial charge in [0.2, 0.25) is 5.95 Å². The van der Waals surface area contributed by atoms with E-state index in [2.05, 4.69) is 47.1 Å². The first-order chi connectivity index (χ1) is 12.1. The van der Waals surface area contributed by atoms with Crippen molar-refractivity contribution in [2.24, 2.45) is 0 Å². The summed E-state index contributed by atoms with van der Waals surface area (Å²) in [4.78, 5) is 17.2. The van der Waals surface area contributed by atoms with Crippen LogP contribution >= 0.6 is 0 Å². The van der Waals surface area contributed by atoms with Gasteiger partial charge in [0.1, 0.15) is 0 Å². The zero-order valence-electron chi connectivity index (χ0n) is 14.7. The van der Waals surface area contributed by atoms with Crippen LogP contribution in [0.1, 0.15) is 37.9 Å². The molecule has 0 spiro atoms. The third kappa shape index (κ3) is 2.45. The predicted octanol–water partition coefficient (Wildman–Crippen LogP) is 4.48. The molecular formula is C21H21N3O. The van der Waals surface area contributed by atoms with Gasteiger partial charge in [-0.15, -0.1) is 0 Å². The first-order valence-corrected chi connectivity index (χ1v) is 8.64. The van der Waals surface area contributed by atoms with Crippen LogP contribution in [0.2, 0.25) is 0 Å². The van der Waals surface area contributed by atoms with Crippen LogP contribution in [0.4, 0.5) is 5.95 Å². The highest BCUT2D eigenvalue weighted by molar-refractivity contribution is 5.97. The fourth-order valence-electron chi connectivity index (χ4n) is 3.67. The number of carbonyl (C=O) groups is 1. The molecule has 1 atom stereocenters. The first-order valence-electron chi connectivity index (χ1n) is 8.64. The summed E-state index contributed by atoms with van der Waals surface area (Å²) in [5.41, 5.74) is 6.02. The van der Waals surface area contributed by atoms with Gasteiger partial charge in [-0.3, -0.25) is 9.36 Å². The molecule has 0 aliphatic carbocycles. The third-order valence-electron chi connectivity index (χ3n) is 4.91. The Morgan fingerprint density at radius 3 is 2.56 bits per heavy atom. The maximum absolute atomic E-state index is 12.5. The van der Waals surface area contributed by atoms with Crippen molar-refractivity contribution >= 4 is 22.8 Å². The fourth-order valence-corrected chi connectivity index (χ4v) is 3.67. The Morgan fingerprint density at radius 1 is 1.16 bits per heavy atom. The Labute approximate surface area is 147 Å². The highest BCUT2D eigenvalue weighted by atomic mass is 16.1. The molecule has 0 fully saturated rings. The number of nitrogens with zero attached hydrogens (tertiary/aromatic N) is 2. The second-order valence-corrected chi connectivity index (χ2v) is 6.51. The van der Waals surface area contributed by atoms with E-state index in [1.165, 1.54) is 5.56 Å². The van der Waals surface area contributed by atoms with Crippen LogP contribution < -0.4 is 5.32 Å².